The van der Waals surface area contributed by atoms with E-state index in [0.717, 1.165) is 17.1 Å². The summed E-state index contributed by atoms with van der Waals surface area (Å²) in [6.07, 6.45) is 6.88. The highest BCUT2D eigenvalue weighted by Crippen LogP contribution is 2.22. The number of anilines is 1. The number of rotatable bonds is 5. The maximum absolute atomic E-state index is 6.17. The summed E-state index contributed by atoms with van der Waals surface area (Å²) in [5.74, 6) is 1.35. The Morgan fingerprint density at radius 1 is 1.19 bits per heavy atom. The molecular formula is C18H20N6O2. The number of ether oxygens (including phenoxy) is 2. The number of hydrogen-bond acceptors (Lipinski definition) is 7. The molecule has 0 aliphatic carbocycles. The molecule has 1 aliphatic heterocycles. The van der Waals surface area contributed by atoms with Crippen LogP contribution in [0.3, 0.4) is 0 Å². The Hall–Kier alpha value is -3.00. The van der Waals surface area contributed by atoms with Crippen LogP contribution in [0.15, 0.2) is 49.2 Å². The second-order valence-corrected chi connectivity index (χ2v) is 6.10. The van der Waals surface area contributed by atoms with Crippen molar-refractivity contribution in [3.8, 4) is 5.88 Å². The summed E-state index contributed by atoms with van der Waals surface area (Å²) in [5, 5.41) is 4.42. The van der Waals surface area contributed by atoms with Crippen LogP contribution in [-0.4, -0.2) is 44.5 Å². The van der Waals surface area contributed by atoms with Crippen molar-refractivity contribution in [2.75, 3.05) is 18.6 Å². The monoisotopic (exact) mass is 352 g/mol. The van der Waals surface area contributed by atoms with Gasteiger partial charge >= 0.3 is 0 Å². The first kappa shape index (κ1) is 16.5. The Kier molecular flexibility index (Phi) is 4.74. The highest BCUT2D eigenvalue weighted by molar-refractivity contribution is 5.41. The van der Waals surface area contributed by atoms with Gasteiger partial charge in [0.1, 0.15) is 12.1 Å². The number of fused-ring (bicyclic) bond motifs is 1. The van der Waals surface area contributed by atoms with E-state index in [1.54, 1.807) is 13.3 Å². The molecule has 1 aliphatic rings. The van der Waals surface area contributed by atoms with Gasteiger partial charge < -0.3 is 14.4 Å². The van der Waals surface area contributed by atoms with Crippen molar-refractivity contribution in [2.24, 2.45) is 0 Å². The molecule has 0 N–H and O–H groups in total. The summed E-state index contributed by atoms with van der Waals surface area (Å²) in [6, 6.07) is 7.78. The molecule has 4 rings (SSSR count). The fraction of sp³-hybridized carbons (Fsp3) is 0.333. The molecule has 1 unspecified atom stereocenters. The van der Waals surface area contributed by atoms with E-state index >= 15 is 0 Å². The maximum Gasteiger partial charge on any atom is 0.218 e. The van der Waals surface area contributed by atoms with Gasteiger partial charge in [-0.1, -0.05) is 6.07 Å². The van der Waals surface area contributed by atoms with E-state index in [1.165, 1.54) is 6.33 Å². The molecule has 0 saturated carbocycles. The van der Waals surface area contributed by atoms with E-state index in [0.29, 0.717) is 32.1 Å². The molecule has 26 heavy (non-hydrogen) atoms. The van der Waals surface area contributed by atoms with E-state index < -0.39 is 0 Å². The smallest absolute Gasteiger partial charge is 0.218 e. The van der Waals surface area contributed by atoms with Crippen molar-refractivity contribution in [2.45, 2.75) is 25.8 Å². The van der Waals surface area contributed by atoms with Crippen LogP contribution in [0.2, 0.25) is 0 Å². The molecule has 3 aromatic heterocycles. The summed E-state index contributed by atoms with van der Waals surface area (Å²) in [7, 11) is 1.60. The van der Waals surface area contributed by atoms with Crippen LogP contribution in [0.1, 0.15) is 11.3 Å². The van der Waals surface area contributed by atoms with Gasteiger partial charge in [-0.15, -0.1) is 0 Å². The van der Waals surface area contributed by atoms with Gasteiger partial charge in [0.2, 0.25) is 5.88 Å². The molecule has 0 aromatic carbocycles. The summed E-state index contributed by atoms with van der Waals surface area (Å²) < 4.78 is 13.4. The molecule has 0 bridgehead atoms. The summed E-state index contributed by atoms with van der Waals surface area (Å²) in [6.45, 7) is 2.61. The molecule has 3 aromatic rings. The first-order chi connectivity index (χ1) is 12.8. The van der Waals surface area contributed by atoms with E-state index in [9.17, 15) is 0 Å². The predicted octanol–water partition coefficient (Wildman–Crippen LogP) is 1.68. The van der Waals surface area contributed by atoms with Gasteiger partial charge in [0.25, 0.3) is 0 Å². The van der Waals surface area contributed by atoms with Crippen molar-refractivity contribution in [1.82, 2.24) is 24.7 Å². The molecule has 134 valence electrons. The topological polar surface area (TPSA) is 78.2 Å². The van der Waals surface area contributed by atoms with E-state index in [1.807, 2.05) is 41.3 Å². The standard InChI is InChI=1S/C18H20N6O2/c1-25-18-7-17(20-13-21-18)23-9-15-4-6-22-24(15)11-16(10-23)26-12-14-3-2-5-19-8-14/h2-8,13,16H,9-12H2,1H3. The zero-order valence-electron chi connectivity index (χ0n) is 14.5. The van der Waals surface area contributed by atoms with Gasteiger partial charge in [-0.25, -0.2) is 9.97 Å². The first-order valence-electron chi connectivity index (χ1n) is 8.44. The van der Waals surface area contributed by atoms with Crippen LogP contribution in [0.5, 0.6) is 5.88 Å². The van der Waals surface area contributed by atoms with Crippen molar-refractivity contribution < 1.29 is 9.47 Å². The Labute approximate surface area is 151 Å². The summed E-state index contributed by atoms with van der Waals surface area (Å²) >= 11 is 0. The lowest BCUT2D eigenvalue weighted by atomic mass is 10.3. The quantitative estimate of drug-likeness (QED) is 0.691. The Bertz CT molecular complexity index is 854. The second kappa shape index (κ2) is 7.49. The van der Waals surface area contributed by atoms with Gasteiger partial charge in [0.15, 0.2) is 0 Å². The average Bonchev–Trinajstić information content (AvgIpc) is 3.05. The zero-order valence-corrected chi connectivity index (χ0v) is 14.5. The predicted molar refractivity (Wildman–Crippen MR) is 94.7 cm³/mol. The van der Waals surface area contributed by atoms with Crippen LogP contribution in [0.25, 0.3) is 0 Å². The molecule has 4 heterocycles. The van der Waals surface area contributed by atoms with E-state index in [2.05, 4.69) is 25.0 Å². The number of aromatic nitrogens is 5. The summed E-state index contributed by atoms with van der Waals surface area (Å²) in [4.78, 5) is 14.8. The van der Waals surface area contributed by atoms with Gasteiger partial charge in [-0.05, 0) is 17.7 Å². The highest BCUT2D eigenvalue weighted by Gasteiger charge is 2.24. The fourth-order valence-corrected chi connectivity index (χ4v) is 3.01. The van der Waals surface area contributed by atoms with Crippen molar-refractivity contribution in [3.63, 3.8) is 0 Å². The minimum Gasteiger partial charge on any atom is -0.481 e. The average molecular weight is 352 g/mol. The molecule has 0 radical (unpaired) electrons. The minimum absolute atomic E-state index is 0.0303. The van der Waals surface area contributed by atoms with Crippen LogP contribution < -0.4 is 9.64 Å². The third-order valence-electron chi connectivity index (χ3n) is 4.33. The zero-order chi connectivity index (χ0) is 17.8. The van der Waals surface area contributed by atoms with Crippen LogP contribution >= 0.6 is 0 Å². The fourth-order valence-electron chi connectivity index (χ4n) is 3.01. The number of methoxy groups -OCH3 is 1. The lowest BCUT2D eigenvalue weighted by molar-refractivity contribution is 0.0338. The highest BCUT2D eigenvalue weighted by atomic mass is 16.5. The van der Waals surface area contributed by atoms with Crippen LogP contribution in [-0.2, 0) is 24.4 Å². The van der Waals surface area contributed by atoms with Gasteiger partial charge in [-0.2, -0.15) is 5.10 Å². The van der Waals surface area contributed by atoms with E-state index in [-0.39, 0.29) is 6.10 Å². The molecule has 0 saturated heterocycles. The van der Waals surface area contributed by atoms with Crippen LogP contribution in [0, 0.1) is 0 Å². The molecule has 8 nitrogen and oxygen atoms in total. The van der Waals surface area contributed by atoms with Gasteiger partial charge in [0, 0.05) is 31.2 Å². The third-order valence-corrected chi connectivity index (χ3v) is 4.33. The maximum atomic E-state index is 6.17. The van der Waals surface area contributed by atoms with E-state index in [4.69, 9.17) is 9.47 Å². The molecule has 0 amide bonds. The molecule has 0 spiro atoms. The Balaban J connectivity index is 1.55. The normalized spacial score (nSPS) is 16.8. The second-order valence-electron chi connectivity index (χ2n) is 6.10. The largest absolute Gasteiger partial charge is 0.481 e. The number of pyridine rings is 1. The lowest BCUT2D eigenvalue weighted by Crippen LogP contribution is -2.33. The Morgan fingerprint density at radius 2 is 2.15 bits per heavy atom. The van der Waals surface area contributed by atoms with Crippen molar-refractivity contribution in [3.05, 3.63) is 60.4 Å². The SMILES string of the molecule is COc1cc(N2Cc3ccnn3CC(OCc3cccnc3)C2)ncn1. The van der Waals surface area contributed by atoms with Gasteiger partial charge in [0.05, 0.1) is 38.6 Å². The van der Waals surface area contributed by atoms with Gasteiger partial charge in [-0.3, -0.25) is 9.67 Å². The lowest BCUT2D eigenvalue weighted by Gasteiger charge is -2.25. The molecule has 8 heteroatoms. The third kappa shape index (κ3) is 3.65. The Morgan fingerprint density at radius 3 is 3.00 bits per heavy atom. The van der Waals surface area contributed by atoms with Crippen molar-refractivity contribution in [1.29, 1.82) is 0 Å². The molecule has 0 fully saturated rings. The molecular weight excluding hydrogens is 332 g/mol. The number of nitrogens with zero attached hydrogens (tertiary/aromatic N) is 6. The minimum atomic E-state index is -0.0303. The number of hydrogen-bond donors (Lipinski definition) is 0. The van der Waals surface area contributed by atoms with Crippen LogP contribution in [0.4, 0.5) is 5.82 Å². The van der Waals surface area contributed by atoms with Crippen molar-refractivity contribution >= 4 is 5.82 Å². The first-order valence-corrected chi connectivity index (χ1v) is 8.44. The summed E-state index contributed by atoms with van der Waals surface area (Å²) in [5.41, 5.74) is 2.17. The molecule has 1 atom stereocenters.